The Balaban J connectivity index is 1.89. The standard InChI is InChI=1S/C17H20Cl2N2O4/c1-11(17(24)20-16-12(18)6-5-7-13(16)19)25-15(23)10-21-9-4-2-3-8-14(21)22/h5-7,11H,2-4,8-10H2,1H3,(H,20,24)/t11-/m1/s1. The van der Waals surface area contributed by atoms with Gasteiger partial charge in [0, 0.05) is 13.0 Å². The van der Waals surface area contributed by atoms with Crippen molar-refractivity contribution in [1.82, 2.24) is 4.90 Å². The number of nitrogens with one attached hydrogen (secondary N) is 1. The smallest absolute Gasteiger partial charge is 0.326 e. The fourth-order valence-electron chi connectivity index (χ4n) is 2.49. The average molecular weight is 387 g/mol. The maximum absolute atomic E-state index is 12.2. The number of hydrogen-bond acceptors (Lipinski definition) is 4. The summed E-state index contributed by atoms with van der Waals surface area (Å²) < 4.78 is 5.12. The molecule has 1 heterocycles. The van der Waals surface area contributed by atoms with E-state index in [2.05, 4.69) is 5.32 Å². The zero-order valence-electron chi connectivity index (χ0n) is 13.9. The molecule has 136 valence electrons. The van der Waals surface area contributed by atoms with Gasteiger partial charge in [-0.15, -0.1) is 0 Å². The number of benzene rings is 1. The van der Waals surface area contributed by atoms with E-state index in [-0.39, 0.29) is 28.2 Å². The lowest BCUT2D eigenvalue weighted by Crippen LogP contribution is -2.38. The average Bonchev–Trinajstić information content (AvgIpc) is 2.75. The van der Waals surface area contributed by atoms with Crippen molar-refractivity contribution in [3.05, 3.63) is 28.2 Å². The van der Waals surface area contributed by atoms with E-state index in [0.717, 1.165) is 19.3 Å². The molecule has 1 atom stereocenters. The number of anilines is 1. The first-order valence-corrected chi connectivity index (χ1v) is 8.86. The zero-order chi connectivity index (χ0) is 18.4. The Kier molecular flexibility index (Phi) is 7.08. The fourth-order valence-corrected chi connectivity index (χ4v) is 2.98. The maximum Gasteiger partial charge on any atom is 0.326 e. The van der Waals surface area contributed by atoms with Crippen molar-refractivity contribution in [2.45, 2.75) is 38.7 Å². The van der Waals surface area contributed by atoms with Crippen molar-refractivity contribution in [2.75, 3.05) is 18.4 Å². The first kappa shape index (κ1) is 19.5. The summed E-state index contributed by atoms with van der Waals surface area (Å²) in [6.07, 6.45) is 2.06. The van der Waals surface area contributed by atoms with Gasteiger partial charge in [0.25, 0.3) is 5.91 Å². The van der Waals surface area contributed by atoms with Gasteiger partial charge in [-0.2, -0.15) is 0 Å². The third kappa shape index (κ3) is 5.61. The Morgan fingerprint density at radius 1 is 1.24 bits per heavy atom. The van der Waals surface area contributed by atoms with Crippen molar-refractivity contribution in [3.8, 4) is 0 Å². The van der Waals surface area contributed by atoms with Crippen molar-refractivity contribution in [1.29, 1.82) is 0 Å². The van der Waals surface area contributed by atoms with Crippen LogP contribution in [0.15, 0.2) is 18.2 Å². The van der Waals surface area contributed by atoms with Crippen LogP contribution in [0, 0.1) is 0 Å². The molecule has 2 amide bonds. The second-order valence-electron chi connectivity index (χ2n) is 5.84. The molecule has 1 saturated heterocycles. The molecule has 1 fully saturated rings. The number of carbonyl (C=O) groups excluding carboxylic acids is 3. The third-order valence-electron chi connectivity index (χ3n) is 3.88. The third-order valence-corrected chi connectivity index (χ3v) is 4.51. The number of ether oxygens (including phenoxy) is 1. The molecular weight excluding hydrogens is 367 g/mol. The summed E-state index contributed by atoms with van der Waals surface area (Å²) in [6.45, 7) is 1.83. The largest absolute Gasteiger partial charge is 0.451 e. The monoisotopic (exact) mass is 386 g/mol. The lowest BCUT2D eigenvalue weighted by atomic mass is 10.2. The summed E-state index contributed by atoms with van der Waals surface area (Å²) in [6, 6.07) is 4.83. The van der Waals surface area contributed by atoms with Gasteiger partial charge in [-0.05, 0) is 31.9 Å². The molecule has 0 aromatic heterocycles. The molecule has 1 aromatic rings. The van der Waals surface area contributed by atoms with Crippen LogP contribution in [0.1, 0.15) is 32.6 Å². The van der Waals surface area contributed by atoms with Gasteiger partial charge >= 0.3 is 5.97 Å². The fraction of sp³-hybridized carbons (Fsp3) is 0.471. The number of likely N-dealkylation sites (tertiary alicyclic amines) is 1. The van der Waals surface area contributed by atoms with Crippen molar-refractivity contribution in [2.24, 2.45) is 0 Å². The van der Waals surface area contributed by atoms with Crippen LogP contribution in [0.3, 0.4) is 0 Å². The minimum Gasteiger partial charge on any atom is -0.451 e. The number of hydrogen-bond donors (Lipinski definition) is 1. The van der Waals surface area contributed by atoms with Gasteiger partial charge in [0.05, 0.1) is 15.7 Å². The molecule has 0 saturated carbocycles. The molecule has 0 radical (unpaired) electrons. The molecule has 2 rings (SSSR count). The van der Waals surface area contributed by atoms with Crippen LogP contribution in [0.25, 0.3) is 0 Å². The molecule has 0 aliphatic carbocycles. The minimum absolute atomic E-state index is 0.0607. The van der Waals surface area contributed by atoms with E-state index in [0.29, 0.717) is 13.0 Å². The highest BCUT2D eigenvalue weighted by Gasteiger charge is 2.24. The van der Waals surface area contributed by atoms with E-state index in [4.69, 9.17) is 27.9 Å². The van der Waals surface area contributed by atoms with Gasteiger partial charge in [-0.3, -0.25) is 14.4 Å². The molecule has 1 aliphatic heterocycles. The van der Waals surface area contributed by atoms with Crippen LogP contribution in [0.5, 0.6) is 0 Å². The number of esters is 1. The molecule has 0 bridgehead atoms. The number of nitrogens with zero attached hydrogens (tertiary/aromatic N) is 1. The number of amides is 2. The Bertz CT molecular complexity index is 646. The minimum atomic E-state index is -1.04. The molecule has 25 heavy (non-hydrogen) atoms. The quantitative estimate of drug-likeness (QED) is 0.787. The predicted octanol–water partition coefficient (Wildman–Crippen LogP) is 3.27. The van der Waals surface area contributed by atoms with Crippen LogP contribution >= 0.6 is 23.2 Å². The molecule has 6 nitrogen and oxygen atoms in total. The van der Waals surface area contributed by atoms with Crippen LogP contribution < -0.4 is 5.32 Å². The van der Waals surface area contributed by atoms with Crippen LogP contribution in [0.2, 0.25) is 10.0 Å². The first-order chi connectivity index (χ1) is 11.9. The van der Waals surface area contributed by atoms with Gasteiger partial charge in [0.1, 0.15) is 6.54 Å². The van der Waals surface area contributed by atoms with Gasteiger partial charge in [0.2, 0.25) is 5.91 Å². The van der Waals surface area contributed by atoms with E-state index < -0.39 is 18.0 Å². The lowest BCUT2D eigenvalue weighted by Gasteiger charge is -2.21. The van der Waals surface area contributed by atoms with Gasteiger partial charge in [0.15, 0.2) is 6.10 Å². The normalized spacial score (nSPS) is 16.1. The van der Waals surface area contributed by atoms with E-state index in [1.165, 1.54) is 11.8 Å². The van der Waals surface area contributed by atoms with Gasteiger partial charge in [-0.25, -0.2) is 0 Å². The summed E-state index contributed by atoms with van der Waals surface area (Å²) in [4.78, 5) is 37.6. The highest BCUT2D eigenvalue weighted by Crippen LogP contribution is 2.29. The highest BCUT2D eigenvalue weighted by molar-refractivity contribution is 6.39. The summed E-state index contributed by atoms with van der Waals surface area (Å²) in [7, 11) is 0. The van der Waals surface area contributed by atoms with E-state index in [1.807, 2.05) is 0 Å². The molecule has 0 spiro atoms. The Labute approximate surface area is 156 Å². The molecule has 0 unspecified atom stereocenters. The van der Waals surface area contributed by atoms with Crippen LogP contribution in [-0.2, 0) is 19.1 Å². The molecule has 8 heteroatoms. The van der Waals surface area contributed by atoms with Crippen LogP contribution in [0.4, 0.5) is 5.69 Å². The molecule has 1 aromatic carbocycles. The summed E-state index contributed by atoms with van der Waals surface area (Å²) >= 11 is 12.0. The number of rotatable bonds is 5. The van der Waals surface area contributed by atoms with Gasteiger partial charge < -0.3 is 15.0 Å². The van der Waals surface area contributed by atoms with Crippen molar-refractivity contribution < 1.29 is 19.1 Å². The van der Waals surface area contributed by atoms with E-state index in [1.54, 1.807) is 18.2 Å². The van der Waals surface area contributed by atoms with Crippen molar-refractivity contribution >= 4 is 46.7 Å². The number of carbonyl (C=O) groups is 3. The summed E-state index contributed by atoms with van der Waals surface area (Å²) in [5.74, 6) is -1.23. The predicted molar refractivity (Wildman–Crippen MR) is 95.7 cm³/mol. The lowest BCUT2D eigenvalue weighted by molar-refractivity contribution is -0.156. The SMILES string of the molecule is C[C@@H](OC(=O)CN1CCCCCC1=O)C(=O)Nc1c(Cl)cccc1Cl. The second kappa shape index (κ2) is 9.06. The van der Waals surface area contributed by atoms with Crippen molar-refractivity contribution in [3.63, 3.8) is 0 Å². The van der Waals surface area contributed by atoms with Crippen LogP contribution in [-0.4, -0.2) is 41.9 Å². The highest BCUT2D eigenvalue weighted by atomic mass is 35.5. The van der Waals surface area contributed by atoms with Gasteiger partial charge in [-0.1, -0.05) is 35.7 Å². The topological polar surface area (TPSA) is 75.7 Å². The first-order valence-electron chi connectivity index (χ1n) is 8.10. The molecule has 1 aliphatic rings. The second-order valence-corrected chi connectivity index (χ2v) is 6.66. The maximum atomic E-state index is 12.2. The number of para-hydroxylation sites is 1. The summed E-state index contributed by atoms with van der Waals surface area (Å²) in [5.41, 5.74) is 0.265. The molecular formula is C17H20Cl2N2O4. The number of halogens is 2. The Morgan fingerprint density at radius 2 is 1.92 bits per heavy atom. The van der Waals surface area contributed by atoms with E-state index >= 15 is 0 Å². The zero-order valence-corrected chi connectivity index (χ0v) is 15.4. The Morgan fingerprint density at radius 3 is 2.60 bits per heavy atom. The molecule has 1 N–H and O–H groups in total. The summed E-state index contributed by atoms with van der Waals surface area (Å²) in [5, 5.41) is 3.12. The Hall–Kier alpha value is -1.79. The van der Waals surface area contributed by atoms with E-state index in [9.17, 15) is 14.4 Å².